The van der Waals surface area contributed by atoms with Crippen molar-refractivity contribution in [3.8, 4) is 6.07 Å². The minimum atomic E-state index is -0.367. The Kier molecular flexibility index (Phi) is 6.83. The second-order valence-corrected chi connectivity index (χ2v) is 5.51. The van der Waals surface area contributed by atoms with Crippen LogP contribution in [0.5, 0.6) is 0 Å². The molecule has 1 aromatic heterocycles. The SMILES string of the molecule is COCc1cc(C)nc(NN=CCc2ccc(C(=O)OC)cc2)c1C#N. The Balaban J connectivity index is 2.04. The highest BCUT2D eigenvalue weighted by Crippen LogP contribution is 2.19. The molecule has 0 fully saturated rings. The van der Waals surface area contributed by atoms with Gasteiger partial charge < -0.3 is 9.47 Å². The van der Waals surface area contributed by atoms with E-state index in [1.807, 2.05) is 25.1 Å². The molecule has 1 aromatic carbocycles. The van der Waals surface area contributed by atoms with Gasteiger partial charge in [0.05, 0.1) is 19.3 Å². The molecule has 0 unspecified atom stereocenters. The number of carbonyl (C=O) groups is 1. The molecular weight excluding hydrogens is 332 g/mol. The summed E-state index contributed by atoms with van der Waals surface area (Å²) in [6, 6.07) is 11.0. The molecule has 7 heteroatoms. The van der Waals surface area contributed by atoms with Crippen LogP contribution in [0, 0.1) is 18.3 Å². The Hall–Kier alpha value is -3.24. The molecule has 0 spiro atoms. The van der Waals surface area contributed by atoms with Gasteiger partial charge in [0.25, 0.3) is 0 Å². The summed E-state index contributed by atoms with van der Waals surface area (Å²) < 4.78 is 9.78. The zero-order valence-electron chi connectivity index (χ0n) is 14.9. The molecule has 7 nitrogen and oxygen atoms in total. The third kappa shape index (κ3) is 4.88. The number of rotatable bonds is 7. The van der Waals surface area contributed by atoms with E-state index in [0.29, 0.717) is 30.0 Å². The lowest BCUT2D eigenvalue weighted by Crippen LogP contribution is -2.04. The maximum absolute atomic E-state index is 11.4. The fourth-order valence-electron chi connectivity index (χ4n) is 2.37. The summed E-state index contributed by atoms with van der Waals surface area (Å²) in [5, 5.41) is 13.5. The highest BCUT2D eigenvalue weighted by molar-refractivity contribution is 5.89. The Morgan fingerprint density at radius 1 is 1.35 bits per heavy atom. The van der Waals surface area contributed by atoms with Gasteiger partial charge >= 0.3 is 5.97 Å². The minimum absolute atomic E-state index is 0.331. The zero-order chi connectivity index (χ0) is 18.9. The normalized spacial score (nSPS) is 10.5. The number of hydrogen-bond donors (Lipinski definition) is 1. The van der Waals surface area contributed by atoms with Crippen LogP contribution in [0.25, 0.3) is 0 Å². The molecular formula is C19H20N4O3. The fraction of sp³-hybridized carbons (Fsp3) is 0.263. The first-order chi connectivity index (χ1) is 12.6. The number of aryl methyl sites for hydroxylation is 1. The largest absolute Gasteiger partial charge is 0.465 e. The number of pyridine rings is 1. The molecule has 0 atom stereocenters. The smallest absolute Gasteiger partial charge is 0.337 e. The molecule has 0 aliphatic heterocycles. The van der Waals surface area contributed by atoms with E-state index < -0.39 is 0 Å². The van der Waals surface area contributed by atoms with Crippen LogP contribution in [0.1, 0.15) is 32.7 Å². The summed E-state index contributed by atoms with van der Waals surface area (Å²) in [5.41, 5.74) is 6.25. The number of nitrogens with one attached hydrogen (secondary N) is 1. The first kappa shape index (κ1) is 19.1. The number of aromatic nitrogens is 1. The number of nitrogens with zero attached hydrogens (tertiary/aromatic N) is 3. The Labute approximate surface area is 152 Å². The first-order valence-electron chi connectivity index (χ1n) is 7.93. The number of carbonyl (C=O) groups excluding carboxylic acids is 1. The van der Waals surface area contributed by atoms with E-state index in [9.17, 15) is 10.1 Å². The topological polar surface area (TPSA) is 96.6 Å². The number of anilines is 1. The van der Waals surface area contributed by atoms with Gasteiger partial charge in [0.1, 0.15) is 11.6 Å². The van der Waals surface area contributed by atoms with Gasteiger partial charge in [-0.1, -0.05) is 12.1 Å². The fourth-order valence-corrected chi connectivity index (χ4v) is 2.37. The van der Waals surface area contributed by atoms with E-state index in [4.69, 9.17) is 4.74 Å². The van der Waals surface area contributed by atoms with Crippen molar-refractivity contribution in [1.82, 2.24) is 4.98 Å². The Morgan fingerprint density at radius 2 is 2.08 bits per heavy atom. The second kappa shape index (κ2) is 9.30. The molecule has 0 amide bonds. The molecule has 134 valence electrons. The third-order valence-corrected chi connectivity index (χ3v) is 3.60. The Morgan fingerprint density at radius 3 is 2.69 bits per heavy atom. The van der Waals surface area contributed by atoms with Gasteiger partial charge in [0.15, 0.2) is 5.82 Å². The molecule has 0 aliphatic rings. The van der Waals surface area contributed by atoms with Crippen molar-refractivity contribution < 1.29 is 14.3 Å². The first-order valence-corrected chi connectivity index (χ1v) is 7.93. The molecule has 1 N–H and O–H groups in total. The number of esters is 1. The number of ether oxygens (including phenoxy) is 2. The van der Waals surface area contributed by atoms with Crippen molar-refractivity contribution in [3.05, 3.63) is 58.3 Å². The lowest BCUT2D eigenvalue weighted by Gasteiger charge is -2.09. The van der Waals surface area contributed by atoms with E-state index in [1.54, 1.807) is 25.5 Å². The lowest BCUT2D eigenvalue weighted by molar-refractivity contribution is 0.0600. The summed E-state index contributed by atoms with van der Waals surface area (Å²) in [5.74, 6) is 0.0325. The van der Waals surface area contributed by atoms with Crippen molar-refractivity contribution >= 4 is 18.0 Å². The van der Waals surface area contributed by atoms with Gasteiger partial charge in [0.2, 0.25) is 0 Å². The molecule has 2 rings (SSSR count). The molecule has 0 aliphatic carbocycles. The molecule has 1 heterocycles. The maximum atomic E-state index is 11.4. The highest BCUT2D eigenvalue weighted by Gasteiger charge is 2.10. The number of nitriles is 1. The Bertz CT molecular complexity index is 839. The van der Waals surface area contributed by atoms with Crippen molar-refractivity contribution in [1.29, 1.82) is 5.26 Å². The van der Waals surface area contributed by atoms with Gasteiger partial charge in [0, 0.05) is 31.0 Å². The van der Waals surface area contributed by atoms with E-state index in [2.05, 4.69) is 26.3 Å². The van der Waals surface area contributed by atoms with E-state index in [-0.39, 0.29) is 5.97 Å². The van der Waals surface area contributed by atoms with Crippen LogP contribution in [0.2, 0.25) is 0 Å². The van der Waals surface area contributed by atoms with Crippen molar-refractivity contribution in [3.63, 3.8) is 0 Å². The maximum Gasteiger partial charge on any atom is 0.337 e. The minimum Gasteiger partial charge on any atom is -0.465 e. The molecule has 0 saturated carbocycles. The van der Waals surface area contributed by atoms with Crippen LogP contribution in [0.3, 0.4) is 0 Å². The van der Waals surface area contributed by atoms with Crippen molar-refractivity contribution in [2.75, 3.05) is 19.6 Å². The van der Waals surface area contributed by atoms with Crippen LogP contribution in [0.15, 0.2) is 35.4 Å². The van der Waals surface area contributed by atoms with E-state index >= 15 is 0 Å². The van der Waals surface area contributed by atoms with Gasteiger partial charge in [-0.15, -0.1) is 0 Å². The quantitative estimate of drug-likeness (QED) is 0.467. The number of hydrogen-bond acceptors (Lipinski definition) is 7. The second-order valence-electron chi connectivity index (χ2n) is 5.51. The van der Waals surface area contributed by atoms with Gasteiger partial charge in [-0.2, -0.15) is 10.4 Å². The van der Waals surface area contributed by atoms with Gasteiger partial charge in [-0.3, -0.25) is 5.43 Å². The average Bonchev–Trinajstić information content (AvgIpc) is 2.65. The standard InChI is InChI=1S/C19H20N4O3/c1-13-10-16(12-25-2)17(11-20)18(22-13)23-21-9-8-14-4-6-15(7-5-14)19(24)26-3/h4-7,9-10H,8,12H2,1-3H3,(H,22,23). The molecule has 2 aromatic rings. The van der Waals surface area contributed by atoms with E-state index in [0.717, 1.165) is 16.8 Å². The average molecular weight is 352 g/mol. The summed E-state index contributed by atoms with van der Waals surface area (Å²) >= 11 is 0. The summed E-state index contributed by atoms with van der Waals surface area (Å²) in [6.45, 7) is 2.18. The van der Waals surface area contributed by atoms with Crippen LogP contribution in [-0.2, 0) is 22.5 Å². The zero-order valence-corrected chi connectivity index (χ0v) is 14.9. The predicted molar refractivity (Wildman–Crippen MR) is 98.0 cm³/mol. The van der Waals surface area contributed by atoms with Crippen LogP contribution < -0.4 is 5.43 Å². The highest BCUT2D eigenvalue weighted by atomic mass is 16.5. The van der Waals surface area contributed by atoms with Crippen LogP contribution >= 0.6 is 0 Å². The number of hydrazone groups is 1. The number of benzene rings is 1. The van der Waals surface area contributed by atoms with Crippen LogP contribution in [0.4, 0.5) is 5.82 Å². The molecule has 0 radical (unpaired) electrons. The third-order valence-electron chi connectivity index (χ3n) is 3.60. The number of methoxy groups -OCH3 is 2. The molecule has 0 saturated heterocycles. The van der Waals surface area contributed by atoms with Gasteiger partial charge in [-0.25, -0.2) is 9.78 Å². The lowest BCUT2D eigenvalue weighted by atomic mass is 10.1. The van der Waals surface area contributed by atoms with Crippen molar-refractivity contribution in [2.24, 2.45) is 5.10 Å². The van der Waals surface area contributed by atoms with Crippen LogP contribution in [-0.4, -0.2) is 31.4 Å². The van der Waals surface area contributed by atoms with E-state index in [1.165, 1.54) is 7.11 Å². The summed E-state index contributed by atoms with van der Waals surface area (Å²) in [4.78, 5) is 15.7. The van der Waals surface area contributed by atoms with Crippen molar-refractivity contribution in [2.45, 2.75) is 20.0 Å². The predicted octanol–water partition coefficient (Wildman–Crippen LogP) is 2.84. The summed E-state index contributed by atoms with van der Waals surface area (Å²) in [7, 11) is 2.93. The van der Waals surface area contributed by atoms with Gasteiger partial charge in [-0.05, 0) is 30.7 Å². The summed E-state index contributed by atoms with van der Waals surface area (Å²) in [6.07, 6.45) is 2.24. The monoisotopic (exact) mass is 352 g/mol. The molecule has 0 bridgehead atoms. The molecule has 26 heavy (non-hydrogen) atoms.